The minimum atomic E-state index is 1.01. The van der Waals surface area contributed by atoms with Gasteiger partial charge >= 0.3 is 0 Å². The fourth-order valence-electron chi connectivity index (χ4n) is 0.778. The molecular formula is C10H18N2. The predicted molar refractivity (Wildman–Crippen MR) is 54.6 cm³/mol. The van der Waals surface area contributed by atoms with E-state index in [0.29, 0.717) is 0 Å². The van der Waals surface area contributed by atoms with Crippen molar-refractivity contribution in [3.63, 3.8) is 0 Å². The Morgan fingerprint density at radius 3 is 2.08 bits per heavy atom. The molecule has 1 heterocycles. The third-order valence-electron chi connectivity index (χ3n) is 1.33. The molecule has 0 aromatic carbocycles. The lowest BCUT2D eigenvalue weighted by Crippen LogP contribution is -2.10. The van der Waals surface area contributed by atoms with Crippen molar-refractivity contribution in [2.75, 3.05) is 19.0 Å². The minimum absolute atomic E-state index is 1.01. The van der Waals surface area contributed by atoms with Crippen molar-refractivity contribution in [1.82, 2.24) is 4.98 Å². The Morgan fingerprint density at radius 2 is 1.75 bits per heavy atom. The molecule has 68 valence electrons. The number of anilines is 1. The van der Waals surface area contributed by atoms with Gasteiger partial charge in [0, 0.05) is 19.8 Å². The van der Waals surface area contributed by atoms with Crippen molar-refractivity contribution < 1.29 is 0 Å². The Morgan fingerprint density at radius 1 is 1.17 bits per heavy atom. The first-order valence-corrected chi connectivity index (χ1v) is 4.31. The molecule has 0 bridgehead atoms. The third kappa shape index (κ3) is 3.37. The van der Waals surface area contributed by atoms with Gasteiger partial charge in [0.15, 0.2) is 0 Å². The summed E-state index contributed by atoms with van der Waals surface area (Å²) in [6.45, 7) is 5.99. The van der Waals surface area contributed by atoms with Gasteiger partial charge in [-0.15, -0.1) is 0 Å². The molecule has 1 rings (SSSR count). The van der Waals surface area contributed by atoms with E-state index in [4.69, 9.17) is 0 Å². The maximum absolute atomic E-state index is 4.30. The largest absolute Gasteiger partial charge is 0.363 e. The Labute approximate surface area is 75.2 Å². The molecule has 0 amide bonds. The van der Waals surface area contributed by atoms with E-state index >= 15 is 0 Å². The summed E-state index contributed by atoms with van der Waals surface area (Å²) in [6, 6.07) is 6.00. The second kappa shape index (κ2) is 5.58. The molecule has 12 heavy (non-hydrogen) atoms. The van der Waals surface area contributed by atoms with E-state index in [9.17, 15) is 0 Å². The average molecular weight is 166 g/mol. The summed E-state index contributed by atoms with van der Waals surface area (Å²) < 4.78 is 0. The quantitative estimate of drug-likeness (QED) is 0.637. The van der Waals surface area contributed by atoms with Crippen molar-refractivity contribution in [3.8, 4) is 0 Å². The van der Waals surface area contributed by atoms with Gasteiger partial charge in [0.1, 0.15) is 5.82 Å². The average Bonchev–Trinajstić information content (AvgIpc) is 2.08. The van der Waals surface area contributed by atoms with Crippen LogP contribution in [0.4, 0.5) is 5.82 Å². The lowest BCUT2D eigenvalue weighted by atomic mass is 10.4. The summed E-state index contributed by atoms with van der Waals surface area (Å²) in [5.41, 5.74) is 1.06. The lowest BCUT2D eigenvalue weighted by Gasteiger charge is -2.10. The Kier molecular flexibility index (Phi) is 5.09. The monoisotopic (exact) mass is 166 g/mol. The number of aromatic nitrogens is 1. The number of nitrogens with zero attached hydrogens (tertiary/aromatic N) is 2. The maximum atomic E-state index is 4.30. The molecule has 0 unspecified atom stereocenters. The fourth-order valence-corrected chi connectivity index (χ4v) is 0.778. The highest BCUT2D eigenvalue weighted by Gasteiger charge is 1.93. The summed E-state index contributed by atoms with van der Waals surface area (Å²) in [5, 5.41) is 0. The molecule has 0 atom stereocenters. The first kappa shape index (κ1) is 11.0. The van der Waals surface area contributed by atoms with Crippen LogP contribution in [0.25, 0.3) is 0 Å². The number of pyridine rings is 1. The molecule has 2 nitrogen and oxygen atoms in total. The summed E-state index contributed by atoms with van der Waals surface area (Å²) in [5.74, 6) is 1.01. The van der Waals surface area contributed by atoms with E-state index in [1.54, 1.807) is 0 Å². The molecule has 1 aromatic heterocycles. The number of rotatable bonds is 1. The summed E-state index contributed by atoms with van der Waals surface area (Å²) in [6.07, 6.45) is 0. The van der Waals surface area contributed by atoms with Crippen LogP contribution in [-0.4, -0.2) is 19.1 Å². The molecule has 0 aliphatic heterocycles. The van der Waals surface area contributed by atoms with Gasteiger partial charge in [-0.3, -0.25) is 0 Å². The highest BCUT2D eigenvalue weighted by molar-refractivity contribution is 5.36. The van der Waals surface area contributed by atoms with Crippen molar-refractivity contribution >= 4 is 5.82 Å². The van der Waals surface area contributed by atoms with Crippen LogP contribution < -0.4 is 4.90 Å². The van der Waals surface area contributed by atoms with E-state index in [-0.39, 0.29) is 0 Å². The van der Waals surface area contributed by atoms with Crippen LogP contribution in [0.15, 0.2) is 18.2 Å². The van der Waals surface area contributed by atoms with Crippen molar-refractivity contribution in [2.45, 2.75) is 20.8 Å². The Bertz CT molecular complexity index is 219. The predicted octanol–water partition coefficient (Wildman–Crippen LogP) is 2.48. The van der Waals surface area contributed by atoms with Gasteiger partial charge in [0.25, 0.3) is 0 Å². The van der Waals surface area contributed by atoms with Crippen LogP contribution in [0.5, 0.6) is 0 Å². The van der Waals surface area contributed by atoms with Crippen LogP contribution >= 0.6 is 0 Å². The van der Waals surface area contributed by atoms with Crippen molar-refractivity contribution in [2.24, 2.45) is 0 Å². The fraction of sp³-hybridized carbons (Fsp3) is 0.500. The van der Waals surface area contributed by atoms with Gasteiger partial charge in [-0.25, -0.2) is 4.98 Å². The van der Waals surface area contributed by atoms with E-state index in [1.807, 2.05) is 58.0 Å². The molecule has 0 aliphatic rings. The van der Waals surface area contributed by atoms with Gasteiger partial charge in [-0.2, -0.15) is 0 Å². The topological polar surface area (TPSA) is 16.1 Å². The number of hydrogen-bond acceptors (Lipinski definition) is 2. The highest BCUT2D eigenvalue weighted by Crippen LogP contribution is 2.05. The van der Waals surface area contributed by atoms with Crippen LogP contribution in [0, 0.1) is 6.92 Å². The minimum Gasteiger partial charge on any atom is -0.363 e. The van der Waals surface area contributed by atoms with Gasteiger partial charge in [-0.05, 0) is 19.1 Å². The normalized spacial score (nSPS) is 8.42. The van der Waals surface area contributed by atoms with Crippen LogP contribution in [0.1, 0.15) is 19.5 Å². The number of hydrogen-bond donors (Lipinski definition) is 0. The van der Waals surface area contributed by atoms with E-state index in [1.165, 1.54) is 0 Å². The smallest absolute Gasteiger partial charge is 0.128 e. The van der Waals surface area contributed by atoms with Crippen LogP contribution in [0.3, 0.4) is 0 Å². The first-order valence-electron chi connectivity index (χ1n) is 4.31. The molecule has 0 radical (unpaired) electrons. The van der Waals surface area contributed by atoms with Gasteiger partial charge in [0.05, 0.1) is 0 Å². The molecule has 0 saturated carbocycles. The Hall–Kier alpha value is -1.05. The van der Waals surface area contributed by atoms with Gasteiger partial charge < -0.3 is 4.90 Å². The highest BCUT2D eigenvalue weighted by atomic mass is 15.1. The van der Waals surface area contributed by atoms with E-state index in [0.717, 1.165) is 11.5 Å². The lowest BCUT2D eigenvalue weighted by molar-refractivity contribution is 1.04. The molecule has 1 aromatic rings. The zero-order valence-electron chi connectivity index (χ0n) is 8.63. The summed E-state index contributed by atoms with van der Waals surface area (Å²) in [7, 11) is 3.98. The molecule has 0 fully saturated rings. The SMILES string of the molecule is CC.Cc1cccc(N(C)C)n1. The Balaban J connectivity index is 0.000000561. The van der Waals surface area contributed by atoms with Crippen LogP contribution in [-0.2, 0) is 0 Å². The van der Waals surface area contributed by atoms with Gasteiger partial charge in [0.2, 0.25) is 0 Å². The molecule has 0 aliphatic carbocycles. The molecule has 0 saturated heterocycles. The maximum Gasteiger partial charge on any atom is 0.128 e. The third-order valence-corrected chi connectivity index (χ3v) is 1.33. The zero-order valence-corrected chi connectivity index (χ0v) is 8.63. The summed E-state index contributed by atoms with van der Waals surface area (Å²) in [4.78, 5) is 6.29. The molecule has 0 N–H and O–H groups in total. The van der Waals surface area contributed by atoms with Crippen LogP contribution in [0.2, 0.25) is 0 Å². The van der Waals surface area contributed by atoms with Gasteiger partial charge in [-0.1, -0.05) is 19.9 Å². The van der Waals surface area contributed by atoms with Crippen molar-refractivity contribution in [3.05, 3.63) is 23.9 Å². The molecular weight excluding hydrogens is 148 g/mol. The molecule has 0 spiro atoms. The second-order valence-electron chi connectivity index (χ2n) is 2.53. The molecule has 2 heteroatoms. The number of aryl methyl sites for hydroxylation is 1. The second-order valence-corrected chi connectivity index (χ2v) is 2.53. The standard InChI is InChI=1S/C8H12N2.C2H6/c1-7-5-4-6-8(9-7)10(2)3;1-2/h4-6H,1-3H3;1-2H3. The van der Waals surface area contributed by atoms with E-state index in [2.05, 4.69) is 4.98 Å². The summed E-state index contributed by atoms with van der Waals surface area (Å²) >= 11 is 0. The van der Waals surface area contributed by atoms with E-state index < -0.39 is 0 Å². The van der Waals surface area contributed by atoms with Crippen molar-refractivity contribution in [1.29, 1.82) is 0 Å². The first-order chi connectivity index (χ1) is 5.70. The zero-order chi connectivity index (χ0) is 9.56.